The Morgan fingerprint density at radius 2 is 1.74 bits per heavy atom. The van der Waals surface area contributed by atoms with Crippen molar-refractivity contribution < 1.29 is 28.2 Å². The Bertz CT molecular complexity index is 1700. The first-order chi connectivity index (χ1) is 20.7. The van der Waals surface area contributed by atoms with E-state index < -0.39 is 23.9 Å². The molecule has 1 saturated heterocycles. The second-order valence-electron chi connectivity index (χ2n) is 10.8. The van der Waals surface area contributed by atoms with E-state index in [9.17, 15) is 14.4 Å². The molecule has 3 aliphatic heterocycles. The summed E-state index contributed by atoms with van der Waals surface area (Å²) in [6, 6.07) is 19.7. The van der Waals surface area contributed by atoms with Crippen LogP contribution in [0.15, 0.2) is 79.0 Å². The Balaban J connectivity index is 1.34. The molecule has 2 atom stereocenters. The van der Waals surface area contributed by atoms with Crippen molar-refractivity contribution in [1.29, 1.82) is 0 Å². The number of aromatic nitrogens is 1. The van der Waals surface area contributed by atoms with Gasteiger partial charge in [-0.15, -0.1) is 0 Å². The third-order valence-electron chi connectivity index (χ3n) is 7.93. The largest absolute Gasteiger partial charge is 0.486 e. The van der Waals surface area contributed by atoms with Gasteiger partial charge in [-0.2, -0.15) is 0 Å². The van der Waals surface area contributed by atoms with Gasteiger partial charge >= 0.3 is 0 Å². The molecule has 4 heterocycles. The van der Waals surface area contributed by atoms with Gasteiger partial charge in [-0.3, -0.25) is 14.4 Å². The molecule has 3 aromatic carbocycles. The zero-order valence-electron chi connectivity index (χ0n) is 23.8. The third kappa shape index (κ3) is 5.94. The van der Waals surface area contributed by atoms with Gasteiger partial charge in [0.2, 0.25) is 0 Å². The third-order valence-corrected chi connectivity index (χ3v) is 7.93. The van der Waals surface area contributed by atoms with Crippen LogP contribution >= 0.6 is 0 Å². The Kier molecular flexibility index (Phi) is 7.58. The molecule has 4 aromatic rings. The number of carbonyl (C=O) groups is 3. The molecule has 43 heavy (non-hydrogen) atoms. The minimum Gasteiger partial charge on any atom is -0.486 e. The Morgan fingerprint density at radius 1 is 0.953 bits per heavy atom. The standard InChI is InChI=1S/C33H31FN4O5/c1-20-26(12-13-37(20)2)33(41)38-17-29-30(18-38)43-24-9-6-21(7-10-24)16-35-31(39)19-42-25-5-3-4-22(14-25)23-8-11-28(34)27(15-23)32(40)36-29/h3-15,29-30H,16-19H2,1-2H3,(H,35,39)(H,36,40)/t29-,30-/m0/s1. The fourth-order valence-corrected chi connectivity index (χ4v) is 5.35. The molecule has 1 fully saturated rings. The van der Waals surface area contributed by atoms with E-state index in [1.165, 1.54) is 12.1 Å². The number of hydrogen-bond donors (Lipinski definition) is 2. The summed E-state index contributed by atoms with van der Waals surface area (Å²) < 4.78 is 28.9. The first kappa shape index (κ1) is 28.0. The van der Waals surface area contributed by atoms with E-state index in [2.05, 4.69) is 10.6 Å². The predicted molar refractivity (Wildman–Crippen MR) is 157 cm³/mol. The Labute approximate surface area is 248 Å². The molecule has 0 radical (unpaired) electrons. The SMILES string of the molecule is Cc1c(C(=O)N2C[C@@H]3NC(=O)c4cc(ccc4F)-c4cccc(c4)OCC(=O)NCc4ccc(cc4)O[C@H]3C2)ccn1C. The second-order valence-corrected chi connectivity index (χ2v) is 10.8. The quantitative estimate of drug-likeness (QED) is 0.355. The van der Waals surface area contributed by atoms with Crippen molar-refractivity contribution in [2.45, 2.75) is 25.6 Å². The summed E-state index contributed by atoms with van der Waals surface area (Å²) in [7, 11) is 1.87. The molecule has 220 valence electrons. The Morgan fingerprint density at radius 3 is 2.51 bits per heavy atom. The maximum Gasteiger partial charge on any atom is 0.258 e. The van der Waals surface area contributed by atoms with Gasteiger partial charge in [0, 0.05) is 32.0 Å². The van der Waals surface area contributed by atoms with Gasteiger partial charge in [0.15, 0.2) is 6.61 Å². The fourth-order valence-electron chi connectivity index (χ4n) is 5.35. The lowest BCUT2D eigenvalue weighted by atomic mass is 10.0. The minimum absolute atomic E-state index is 0.135. The molecule has 10 heteroatoms. The number of amides is 3. The van der Waals surface area contributed by atoms with Crippen LogP contribution in [0.1, 0.15) is 32.0 Å². The van der Waals surface area contributed by atoms with Gasteiger partial charge in [0.05, 0.1) is 23.7 Å². The first-order valence-electron chi connectivity index (χ1n) is 14.0. The van der Waals surface area contributed by atoms with Crippen LogP contribution in [0.2, 0.25) is 0 Å². The highest BCUT2D eigenvalue weighted by molar-refractivity contribution is 5.97. The molecule has 0 unspecified atom stereocenters. The van der Waals surface area contributed by atoms with Crippen molar-refractivity contribution in [3.05, 3.63) is 107 Å². The highest BCUT2D eigenvalue weighted by Crippen LogP contribution is 2.27. The van der Waals surface area contributed by atoms with E-state index >= 15 is 4.39 Å². The van der Waals surface area contributed by atoms with Crippen molar-refractivity contribution >= 4 is 17.7 Å². The molecule has 3 amide bonds. The molecule has 0 spiro atoms. The van der Waals surface area contributed by atoms with E-state index in [0.29, 0.717) is 34.7 Å². The molecule has 2 N–H and O–H groups in total. The van der Waals surface area contributed by atoms with E-state index in [1.807, 2.05) is 42.9 Å². The van der Waals surface area contributed by atoms with Crippen LogP contribution in [0, 0.1) is 12.7 Å². The molecule has 6 bridgehead atoms. The predicted octanol–water partition coefficient (Wildman–Crippen LogP) is 3.85. The second kappa shape index (κ2) is 11.6. The molecular weight excluding hydrogens is 551 g/mol. The van der Waals surface area contributed by atoms with Gasteiger partial charge < -0.3 is 29.6 Å². The minimum atomic E-state index is -0.675. The van der Waals surface area contributed by atoms with E-state index in [1.54, 1.807) is 47.4 Å². The molecule has 0 saturated carbocycles. The van der Waals surface area contributed by atoms with Crippen LogP contribution in [-0.4, -0.2) is 59.0 Å². The van der Waals surface area contributed by atoms with Crippen molar-refractivity contribution in [3.63, 3.8) is 0 Å². The van der Waals surface area contributed by atoms with Crippen LogP contribution in [0.25, 0.3) is 11.1 Å². The van der Waals surface area contributed by atoms with Crippen molar-refractivity contribution in [2.75, 3.05) is 19.7 Å². The lowest BCUT2D eigenvalue weighted by molar-refractivity contribution is -0.123. The summed E-state index contributed by atoms with van der Waals surface area (Å²) in [6.45, 7) is 2.42. The van der Waals surface area contributed by atoms with Gasteiger partial charge in [0.25, 0.3) is 17.7 Å². The summed E-state index contributed by atoms with van der Waals surface area (Å²) in [4.78, 5) is 41.1. The molecule has 7 rings (SSSR count). The number of benzene rings is 3. The number of rotatable bonds is 1. The van der Waals surface area contributed by atoms with Crippen LogP contribution in [-0.2, 0) is 18.4 Å². The highest BCUT2D eigenvalue weighted by Gasteiger charge is 2.39. The molecule has 3 aliphatic rings. The zero-order valence-corrected chi connectivity index (χ0v) is 23.8. The monoisotopic (exact) mass is 582 g/mol. The summed E-state index contributed by atoms with van der Waals surface area (Å²) in [5, 5.41) is 5.78. The average Bonchev–Trinajstić information content (AvgIpc) is 3.56. The smallest absolute Gasteiger partial charge is 0.258 e. The number of carbonyl (C=O) groups excluding carboxylic acids is 3. The average molecular weight is 583 g/mol. The fraction of sp³-hybridized carbons (Fsp3) is 0.242. The highest BCUT2D eigenvalue weighted by atomic mass is 19.1. The van der Waals surface area contributed by atoms with Crippen LogP contribution < -0.4 is 20.1 Å². The number of aryl methyl sites for hydroxylation is 1. The number of likely N-dealkylation sites (tertiary alicyclic amines) is 1. The summed E-state index contributed by atoms with van der Waals surface area (Å²) >= 11 is 0. The van der Waals surface area contributed by atoms with Gasteiger partial charge in [-0.1, -0.05) is 30.3 Å². The lowest BCUT2D eigenvalue weighted by Crippen LogP contribution is -2.45. The number of fused-ring (bicyclic) bond motifs is 7. The summed E-state index contributed by atoms with van der Waals surface area (Å²) in [5.74, 6) is -0.744. The maximum absolute atomic E-state index is 15.0. The van der Waals surface area contributed by atoms with Crippen LogP contribution in [0.3, 0.4) is 0 Å². The number of hydrogen-bond acceptors (Lipinski definition) is 5. The lowest BCUT2D eigenvalue weighted by Gasteiger charge is -2.21. The molecular formula is C33H31FN4O5. The summed E-state index contributed by atoms with van der Waals surface area (Å²) in [5.41, 5.74) is 3.42. The van der Waals surface area contributed by atoms with Crippen molar-refractivity contribution in [3.8, 4) is 22.6 Å². The van der Waals surface area contributed by atoms with Crippen LogP contribution in [0.4, 0.5) is 4.39 Å². The van der Waals surface area contributed by atoms with Crippen molar-refractivity contribution in [2.24, 2.45) is 7.05 Å². The number of halogens is 1. The number of nitrogens with zero attached hydrogens (tertiary/aromatic N) is 2. The van der Waals surface area contributed by atoms with Crippen LogP contribution in [0.5, 0.6) is 11.5 Å². The molecule has 0 aliphatic carbocycles. The normalized spacial score (nSPS) is 18.6. The van der Waals surface area contributed by atoms with Gasteiger partial charge in [-0.05, 0) is 66.1 Å². The number of ether oxygens (including phenoxy) is 2. The zero-order chi connectivity index (χ0) is 30.1. The Hall–Kier alpha value is -5.12. The topological polar surface area (TPSA) is 102 Å². The summed E-state index contributed by atoms with van der Waals surface area (Å²) in [6.07, 6.45) is 1.24. The van der Waals surface area contributed by atoms with E-state index in [0.717, 1.165) is 11.3 Å². The van der Waals surface area contributed by atoms with E-state index in [-0.39, 0.29) is 37.1 Å². The van der Waals surface area contributed by atoms with Gasteiger partial charge in [-0.25, -0.2) is 4.39 Å². The van der Waals surface area contributed by atoms with Gasteiger partial charge in [0.1, 0.15) is 23.4 Å². The van der Waals surface area contributed by atoms with E-state index in [4.69, 9.17) is 9.47 Å². The molecule has 9 nitrogen and oxygen atoms in total. The molecule has 1 aromatic heterocycles. The number of nitrogens with one attached hydrogen (secondary N) is 2. The van der Waals surface area contributed by atoms with Crippen molar-refractivity contribution in [1.82, 2.24) is 20.1 Å². The first-order valence-corrected chi connectivity index (χ1v) is 14.0. The maximum atomic E-state index is 15.0.